The SMILES string of the molecule is Cc1ccccc1-c1nnc(SCc2cc(=O)n3cccc(C)c3n2)n1C. The van der Waals surface area contributed by atoms with Gasteiger partial charge in [-0.05, 0) is 31.0 Å². The molecule has 0 saturated heterocycles. The average molecular weight is 377 g/mol. The van der Waals surface area contributed by atoms with E-state index in [-0.39, 0.29) is 5.56 Å². The van der Waals surface area contributed by atoms with Crippen molar-refractivity contribution in [2.24, 2.45) is 7.05 Å². The third-order valence-electron chi connectivity index (χ3n) is 4.51. The monoisotopic (exact) mass is 377 g/mol. The molecule has 0 aliphatic carbocycles. The Hall–Kier alpha value is -2.93. The van der Waals surface area contributed by atoms with Gasteiger partial charge in [0.25, 0.3) is 5.56 Å². The van der Waals surface area contributed by atoms with Gasteiger partial charge in [-0.1, -0.05) is 42.1 Å². The van der Waals surface area contributed by atoms with Crippen LogP contribution in [0.3, 0.4) is 0 Å². The van der Waals surface area contributed by atoms with Crippen LogP contribution in [0.25, 0.3) is 17.0 Å². The zero-order valence-corrected chi connectivity index (χ0v) is 16.2. The van der Waals surface area contributed by atoms with E-state index in [1.54, 1.807) is 16.7 Å². The number of aryl methyl sites for hydroxylation is 2. The molecule has 0 radical (unpaired) electrons. The lowest BCUT2D eigenvalue weighted by Gasteiger charge is -2.07. The second-order valence-electron chi connectivity index (χ2n) is 6.44. The van der Waals surface area contributed by atoms with Crippen molar-refractivity contribution in [1.29, 1.82) is 0 Å². The number of fused-ring (bicyclic) bond motifs is 1. The number of nitrogens with zero attached hydrogens (tertiary/aromatic N) is 5. The van der Waals surface area contributed by atoms with Crippen LogP contribution >= 0.6 is 11.8 Å². The molecule has 27 heavy (non-hydrogen) atoms. The third-order valence-corrected chi connectivity index (χ3v) is 5.56. The smallest absolute Gasteiger partial charge is 0.258 e. The Bertz CT molecular complexity index is 1190. The predicted octanol–water partition coefficient (Wildman–Crippen LogP) is 3.40. The van der Waals surface area contributed by atoms with E-state index in [0.29, 0.717) is 11.4 Å². The highest BCUT2D eigenvalue weighted by Gasteiger charge is 2.13. The summed E-state index contributed by atoms with van der Waals surface area (Å²) >= 11 is 1.52. The lowest BCUT2D eigenvalue weighted by molar-refractivity contribution is 0.793. The van der Waals surface area contributed by atoms with Crippen LogP contribution in [-0.4, -0.2) is 24.1 Å². The minimum atomic E-state index is -0.0714. The molecule has 7 heteroatoms. The number of pyridine rings is 1. The summed E-state index contributed by atoms with van der Waals surface area (Å²) in [7, 11) is 1.96. The van der Waals surface area contributed by atoms with Crippen molar-refractivity contribution in [3.8, 4) is 11.4 Å². The van der Waals surface area contributed by atoms with Gasteiger partial charge in [0.05, 0.1) is 5.69 Å². The second kappa shape index (κ2) is 7.00. The molecule has 0 spiro atoms. The minimum absolute atomic E-state index is 0.0714. The molecule has 0 fully saturated rings. The standard InChI is InChI=1S/C20H19N5OS/c1-13-7-4-5-9-16(13)19-22-23-20(24(19)3)27-12-15-11-17(26)25-10-6-8-14(2)18(25)21-15/h4-11H,12H2,1-3H3. The van der Waals surface area contributed by atoms with Crippen molar-refractivity contribution in [1.82, 2.24) is 24.1 Å². The van der Waals surface area contributed by atoms with E-state index in [1.165, 1.54) is 11.8 Å². The molecule has 0 unspecified atom stereocenters. The zero-order valence-electron chi connectivity index (χ0n) is 15.4. The summed E-state index contributed by atoms with van der Waals surface area (Å²) < 4.78 is 3.55. The molecule has 3 aromatic heterocycles. The number of rotatable bonds is 4. The largest absolute Gasteiger partial charge is 0.305 e. The number of benzene rings is 1. The van der Waals surface area contributed by atoms with E-state index in [2.05, 4.69) is 28.2 Å². The first-order chi connectivity index (χ1) is 13.0. The molecular weight excluding hydrogens is 358 g/mol. The fraction of sp³-hybridized carbons (Fsp3) is 0.200. The Labute approximate surface area is 160 Å². The van der Waals surface area contributed by atoms with Gasteiger partial charge in [-0.3, -0.25) is 9.20 Å². The van der Waals surface area contributed by atoms with Gasteiger partial charge in [-0.25, -0.2) is 4.98 Å². The quantitative estimate of drug-likeness (QED) is 0.510. The van der Waals surface area contributed by atoms with E-state index in [4.69, 9.17) is 0 Å². The van der Waals surface area contributed by atoms with Crippen molar-refractivity contribution in [2.75, 3.05) is 0 Å². The lowest BCUT2D eigenvalue weighted by Crippen LogP contribution is -2.15. The number of hydrogen-bond donors (Lipinski definition) is 0. The van der Waals surface area contributed by atoms with E-state index in [1.807, 2.05) is 48.9 Å². The summed E-state index contributed by atoms with van der Waals surface area (Å²) in [6, 6.07) is 13.5. The molecule has 136 valence electrons. The van der Waals surface area contributed by atoms with Crippen LogP contribution in [0.2, 0.25) is 0 Å². The van der Waals surface area contributed by atoms with Crippen LogP contribution in [0.1, 0.15) is 16.8 Å². The zero-order chi connectivity index (χ0) is 19.0. The molecule has 0 bridgehead atoms. The normalized spacial score (nSPS) is 11.2. The highest BCUT2D eigenvalue weighted by molar-refractivity contribution is 7.98. The van der Waals surface area contributed by atoms with Crippen LogP contribution in [0.15, 0.2) is 58.6 Å². The number of aromatic nitrogens is 5. The molecule has 1 aromatic carbocycles. The maximum Gasteiger partial charge on any atom is 0.258 e. The van der Waals surface area contributed by atoms with Gasteiger partial charge in [-0.15, -0.1) is 10.2 Å². The van der Waals surface area contributed by atoms with Crippen LogP contribution in [-0.2, 0) is 12.8 Å². The maximum atomic E-state index is 12.3. The average Bonchev–Trinajstić information content (AvgIpc) is 3.02. The minimum Gasteiger partial charge on any atom is -0.305 e. The summed E-state index contributed by atoms with van der Waals surface area (Å²) in [5.41, 5.74) is 4.56. The molecule has 4 aromatic rings. The first kappa shape index (κ1) is 17.5. The molecule has 0 aliphatic heterocycles. The Morgan fingerprint density at radius 2 is 1.81 bits per heavy atom. The van der Waals surface area contributed by atoms with Crippen LogP contribution < -0.4 is 5.56 Å². The van der Waals surface area contributed by atoms with Crippen LogP contribution in [0, 0.1) is 13.8 Å². The molecule has 3 heterocycles. The molecule has 4 rings (SSSR count). The Kier molecular flexibility index (Phi) is 4.53. The summed E-state index contributed by atoms with van der Waals surface area (Å²) in [6.45, 7) is 4.02. The fourth-order valence-electron chi connectivity index (χ4n) is 3.02. The van der Waals surface area contributed by atoms with Gasteiger partial charge in [0.2, 0.25) is 0 Å². The fourth-order valence-corrected chi connectivity index (χ4v) is 3.82. The van der Waals surface area contributed by atoms with Crippen molar-refractivity contribution in [3.05, 3.63) is 75.8 Å². The van der Waals surface area contributed by atoms with Gasteiger partial charge >= 0.3 is 0 Å². The summed E-state index contributed by atoms with van der Waals surface area (Å²) in [6.07, 6.45) is 1.74. The van der Waals surface area contributed by atoms with E-state index in [9.17, 15) is 4.79 Å². The second-order valence-corrected chi connectivity index (χ2v) is 7.38. The van der Waals surface area contributed by atoms with Gasteiger partial charge < -0.3 is 4.57 Å². The van der Waals surface area contributed by atoms with Gasteiger partial charge in [-0.2, -0.15) is 0 Å². The maximum absolute atomic E-state index is 12.3. The molecule has 0 amide bonds. The van der Waals surface area contributed by atoms with Crippen molar-refractivity contribution >= 4 is 17.4 Å². The van der Waals surface area contributed by atoms with Crippen molar-refractivity contribution in [2.45, 2.75) is 24.8 Å². The Morgan fingerprint density at radius 3 is 2.63 bits per heavy atom. The molecule has 0 N–H and O–H groups in total. The van der Waals surface area contributed by atoms with E-state index in [0.717, 1.165) is 33.4 Å². The molecule has 0 aliphatic rings. The predicted molar refractivity (Wildman–Crippen MR) is 107 cm³/mol. The van der Waals surface area contributed by atoms with Crippen molar-refractivity contribution < 1.29 is 0 Å². The lowest BCUT2D eigenvalue weighted by atomic mass is 10.1. The first-order valence-corrected chi connectivity index (χ1v) is 9.59. The van der Waals surface area contributed by atoms with Gasteiger partial charge in [0.15, 0.2) is 11.0 Å². The molecule has 6 nitrogen and oxygen atoms in total. The summed E-state index contributed by atoms with van der Waals surface area (Å²) in [5.74, 6) is 1.39. The Morgan fingerprint density at radius 1 is 1.04 bits per heavy atom. The summed E-state index contributed by atoms with van der Waals surface area (Å²) in [5, 5.41) is 9.45. The summed E-state index contributed by atoms with van der Waals surface area (Å²) in [4.78, 5) is 17.0. The highest BCUT2D eigenvalue weighted by Crippen LogP contribution is 2.26. The molecule has 0 atom stereocenters. The number of hydrogen-bond acceptors (Lipinski definition) is 5. The first-order valence-electron chi connectivity index (χ1n) is 8.60. The van der Waals surface area contributed by atoms with Crippen molar-refractivity contribution in [3.63, 3.8) is 0 Å². The third kappa shape index (κ3) is 3.26. The molecule has 0 saturated carbocycles. The van der Waals surface area contributed by atoms with E-state index < -0.39 is 0 Å². The topological polar surface area (TPSA) is 65.1 Å². The number of thioether (sulfide) groups is 1. The highest BCUT2D eigenvalue weighted by atomic mass is 32.2. The Balaban J connectivity index is 1.62. The van der Waals surface area contributed by atoms with Crippen LogP contribution in [0.4, 0.5) is 0 Å². The molecular formula is C20H19N5OS. The van der Waals surface area contributed by atoms with E-state index >= 15 is 0 Å². The van der Waals surface area contributed by atoms with Crippen LogP contribution in [0.5, 0.6) is 0 Å². The van der Waals surface area contributed by atoms with Gasteiger partial charge in [0, 0.05) is 30.6 Å². The van der Waals surface area contributed by atoms with Gasteiger partial charge in [0.1, 0.15) is 5.65 Å².